The second kappa shape index (κ2) is 9.87. The molecule has 0 radical (unpaired) electrons. The number of nitrogens with one attached hydrogen (secondary N) is 1. The van der Waals surface area contributed by atoms with Crippen LogP contribution in [0.5, 0.6) is 0 Å². The van der Waals surface area contributed by atoms with E-state index < -0.39 is 17.6 Å². The molecule has 2 aromatic carbocycles. The van der Waals surface area contributed by atoms with Gasteiger partial charge in [-0.15, -0.1) is 0 Å². The van der Waals surface area contributed by atoms with E-state index in [0.29, 0.717) is 13.1 Å². The number of hydrogen-bond donors (Lipinski definition) is 2. The molecule has 1 atom stereocenters. The molecule has 2 amide bonds. The van der Waals surface area contributed by atoms with Crippen LogP contribution in [0, 0.1) is 5.92 Å². The summed E-state index contributed by atoms with van der Waals surface area (Å²) < 4.78 is 5.62. The van der Waals surface area contributed by atoms with Crippen molar-refractivity contribution < 1.29 is 24.2 Å². The van der Waals surface area contributed by atoms with Crippen molar-refractivity contribution in [1.82, 2.24) is 10.2 Å². The van der Waals surface area contributed by atoms with Gasteiger partial charge in [-0.3, -0.25) is 9.59 Å². The molecule has 1 fully saturated rings. The lowest BCUT2D eigenvalue weighted by Gasteiger charge is -2.35. The van der Waals surface area contributed by atoms with Crippen molar-refractivity contribution in [3.8, 4) is 11.1 Å². The van der Waals surface area contributed by atoms with Gasteiger partial charge in [-0.05, 0) is 54.9 Å². The van der Waals surface area contributed by atoms with Crippen LogP contribution in [-0.4, -0.2) is 53.2 Å². The summed E-state index contributed by atoms with van der Waals surface area (Å²) in [4.78, 5) is 38.2. The maximum absolute atomic E-state index is 12.9. The molecule has 7 heteroatoms. The average molecular weight is 465 g/mol. The number of aliphatic carboxylic acids is 1. The summed E-state index contributed by atoms with van der Waals surface area (Å²) in [5.41, 5.74) is 3.83. The molecule has 0 spiro atoms. The molecule has 7 nitrogen and oxygen atoms in total. The predicted molar refractivity (Wildman–Crippen MR) is 128 cm³/mol. The van der Waals surface area contributed by atoms with Crippen LogP contribution in [0.25, 0.3) is 11.1 Å². The normalized spacial score (nSPS) is 17.6. The Bertz CT molecular complexity index is 1030. The lowest BCUT2D eigenvalue weighted by molar-refractivity contribution is -0.141. The molecule has 0 saturated carbocycles. The third-order valence-corrected chi connectivity index (χ3v) is 6.71. The molecular weight excluding hydrogens is 432 g/mol. The first-order chi connectivity index (χ1) is 16.2. The highest BCUT2D eigenvalue weighted by atomic mass is 16.5. The highest BCUT2D eigenvalue weighted by molar-refractivity contribution is 5.80. The minimum absolute atomic E-state index is 0.0200. The summed E-state index contributed by atoms with van der Waals surface area (Å²) in [5, 5.41) is 11.9. The first-order valence-corrected chi connectivity index (χ1v) is 11.9. The van der Waals surface area contributed by atoms with Gasteiger partial charge in [-0.1, -0.05) is 48.5 Å². The number of benzene rings is 2. The Morgan fingerprint density at radius 3 is 2.29 bits per heavy atom. The largest absolute Gasteiger partial charge is 0.481 e. The highest BCUT2D eigenvalue weighted by Crippen LogP contribution is 2.44. The Kier molecular flexibility index (Phi) is 6.91. The molecule has 1 heterocycles. The number of fused-ring (bicyclic) bond motifs is 3. The summed E-state index contributed by atoms with van der Waals surface area (Å²) in [6, 6.07) is 16.3. The van der Waals surface area contributed by atoms with E-state index in [1.807, 2.05) is 24.3 Å². The number of carboxylic acids is 1. The number of likely N-dealkylation sites (tertiary alicyclic amines) is 1. The second-order valence-corrected chi connectivity index (χ2v) is 9.96. The van der Waals surface area contributed by atoms with E-state index >= 15 is 0 Å². The fraction of sp³-hybridized carbons (Fsp3) is 0.444. The molecule has 1 aliphatic carbocycles. The van der Waals surface area contributed by atoms with Crippen LogP contribution in [0.3, 0.4) is 0 Å². The Morgan fingerprint density at radius 2 is 1.68 bits per heavy atom. The zero-order valence-electron chi connectivity index (χ0n) is 19.8. The molecule has 0 aromatic heterocycles. The average Bonchev–Trinajstić information content (AvgIpc) is 3.10. The third-order valence-electron chi connectivity index (χ3n) is 6.71. The van der Waals surface area contributed by atoms with Gasteiger partial charge in [0.1, 0.15) is 6.61 Å². The molecule has 1 saturated heterocycles. The zero-order chi connectivity index (χ0) is 24.3. The van der Waals surface area contributed by atoms with Crippen molar-refractivity contribution in [3.63, 3.8) is 0 Å². The number of rotatable bonds is 7. The Balaban J connectivity index is 1.32. The van der Waals surface area contributed by atoms with Crippen molar-refractivity contribution in [2.75, 3.05) is 19.7 Å². The number of carboxylic acid groups (broad SMARTS) is 1. The minimum Gasteiger partial charge on any atom is -0.481 e. The molecule has 2 N–H and O–H groups in total. The number of carbonyl (C=O) groups is 3. The van der Waals surface area contributed by atoms with Gasteiger partial charge in [0, 0.05) is 37.4 Å². The van der Waals surface area contributed by atoms with Crippen LogP contribution in [-0.2, 0) is 14.3 Å². The Labute approximate surface area is 200 Å². The molecule has 180 valence electrons. The minimum atomic E-state index is -0.837. The van der Waals surface area contributed by atoms with Crippen molar-refractivity contribution in [1.29, 1.82) is 0 Å². The summed E-state index contributed by atoms with van der Waals surface area (Å²) in [6.45, 7) is 4.88. The van der Waals surface area contributed by atoms with Gasteiger partial charge in [0.15, 0.2) is 0 Å². The van der Waals surface area contributed by atoms with Crippen molar-refractivity contribution in [2.45, 2.75) is 51.0 Å². The number of amides is 2. The smallest absolute Gasteiger partial charge is 0.407 e. The fourth-order valence-electron chi connectivity index (χ4n) is 5.15. The Morgan fingerprint density at radius 1 is 1.06 bits per heavy atom. The molecule has 2 aromatic rings. The van der Waals surface area contributed by atoms with Gasteiger partial charge in [0.2, 0.25) is 5.91 Å². The van der Waals surface area contributed by atoms with Crippen LogP contribution in [0.4, 0.5) is 4.79 Å². The zero-order valence-corrected chi connectivity index (χ0v) is 19.8. The first kappa shape index (κ1) is 23.8. The van der Waals surface area contributed by atoms with E-state index in [2.05, 4.69) is 29.6 Å². The SMILES string of the molecule is CC(C)(CC(=O)N1CCCC(CC(=O)O)C1)NC(=O)OCC1c2ccccc2-c2ccccc21. The number of nitrogens with zero attached hydrogens (tertiary/aromatic N) is 1. The second-order valence-electron chi connectivity index (χ2n) is 9.96. The van der Waals surface area contributed by atoms with Gasteiger partial charge < -0.3 is 20.1 Å². The molecule has 4 rings (SSSR count). The van der Waals surface area contributed by atoms with Gasteiger partial charge in [-0.25, -0.2) is 4.79 Å². The Hall–Kier alpha value is -3.35. The van der Waals surface area contributed by atoms with Gasteiger partial charge >= 0.3 is 12.1 Å². The molecule has 0 bridgehead atoms. The van der Waals surface area contributed by atoms with Gasteiger partial charge in [0.25, 0.3) is 0 Å². The van der Waals surface area contributed by atoms with Crippen LogP contribution >= 0.6 is 0 Å². The molecule has 1 unspecified atom stereocenters. The highest BCUT2D eigenvalue weighted by Gasteiger charge is 2.32. The van der Waals surface area contributed by atoms with Gasteiger partial charge in [0.05, 0.1) is 0 Å². The summed E-state index contributed by atoms with van der Waals surface area (Å²) >= 11 is 0. The van der Waals surface area contributed by atoms with E-state index in [0.717, 1.165) is 24.0 Å². The molecule has 1 aliphatic heterocycles. The number of hydrogen-bond acceptors (Lipinski definition) is 4. The van der Waals surface area contributed by atoms with Crippen LogP contribution in [0.15, 0.2) is 48.5 Å². The fourth-order valence-corrected chi connectivity index (χ4v) is 5.15. The van der Waals surface area contributed by atoms with E-state index in [1.54, 1.807) is 18.7 Å². The standard InChI is InChI=1S/C27H32N2O5/c1-27(2,15-24(30)29-13-7-8-18(16-29)14-25(31)32)28-26(33)34-17-23-21-11-5-3-9-19(21)20-10-4-6-12-22(20)23/h3-6,9-12,18,23H,7-8,13-17H2,1-2H3,(H,28,33)(H,31,32). The van der Waals surface area contributed by atoms with E-state index in [-0.39, 0.29) is 37.2 Å². The third kappa shape index (κ3) is 5.41. The lowest BCUT2D eigenvalue weighted by Crippen LogP contribution is -2.49. The van der Waals surface area contributed by atoms with Crippen molar-refractivity contribution >= 4 is 18.0 Å². The molecule has 2 aliphatic rings. The first-order valence-electron chi connectivity index (χ1n) is 11.9. The monoisotopic (exact) mass is 464 g/mol. The van der Waals surface area contributed by atoms with Crippen LogP contribution in [0.1, 0.15) is 56.6 Å². The van der Waals surface area contributed by atoms with Crippen LogP contribution in [0.2, 0.25) is 0 Å². The number of carbonyl (C=O) groups excluding carboxylic acids is 2. The lowest BCUT2D eigenvalue weighted by atomic mass is 9.93. The molecular formula is C27H32N2O5. The summed E-state index contributed by atoms with van der Waals surface area (Å²) in [7, 11) is 0. The van der Waals surface area contributed by atoms with E-state index in [4.69, 9.17) is 9.84 Å². The summed E-state index contributed by atoms with van der Waals surface area (Å²) in [5.74, 6) is -0.966. The number of piperidine rings is 1. The number of alkyl carbamates (subject to hydrolysis) is 1. The topological polar surface area (TPSA) is 95.9 Å². The van der Waals surface area contributed by atoms with E-state index in [1.165, 1.54) is 11.1 Å². The predicted octanol–water partition coefficient (Wildman–Crippen LogP) is 4.41. The molecule has 34 heavy (non-hydrogen) atoms. The number of ether oxygens (including phenoxy) is 1. The van der Waals surface area contributed by atoms with E-state index in [9.17, 15) is 14.4 Å². The van der Waals surface area contributed by atoms with Crippen LogP contribution < -0.4 is 5.32 Å². The maximum atomic E-state index is 12.9. The summed E-state index contributed by atoms with van der Waals surface area (Å²) in [6.07, 6.45) is 1.26. The maximum Gasteiger partial charge on any atom is 0.407 e. The van der Waals surface area contributed by atoms with Crippen molar-refractivity contribution in [2.24, 2.45) is 5.92 Å². The quantitative estimate of drug-likeness (QED) is 0.633. The van der Waals surface area contributed by atoms with Crippen molar-refractivity contribution in [3.05, 3.63) is 59.7 Å². The van der Waals surface area contributed by atoms with Gasteiger partial charge in [-0.2, -0.15) is 0 Å².